The molecule has 0 aromatic heterocycles. The lowest BCUT2D eigenvalue weighted by molar-refractivity contribution is -0.139. The van der Waals surface area contributed by atoms with E-state index < -0.39 is 51.9 Å². The van der Waals surface area contributed by atoms with E-state index in [9.17, 15) is 31.2 Å². The molecular weight excluding hydrogens is 602 g/mol. The number of benzene rings is 2. The Morgan fingerprint density at radius 3 is 2.26 bits per heavy atom. The van der Waals surface area contributed by atoms with Gasteiger partial charge in [0.1, 0.15) is 12.6 Å². The van der Waals surface area contributed by atoms with Gasteiger partial charge in [-0.15, -0.1) is 0 Å². The second-order valence-electron chi connectivity index (χ2n) is 9.36. The normalized spacial score (nSPS) is 15.2. The molecule has 1 atom stereocenters. The van der Waals surface area contributed by atoms with E-state index in [2.05, 4.69) is 5.32 Å². The van der Waals surface area contributed by atoms with Gasteiger partial charge in [-0.1, -0.05) is 53.7 Å². The average Bonchev–Trinajstić information content (AvgIpc) is 3.33. The predicted octanol–water partition coefficient (Wildman–Crippen LogP) is 5.91. The van der Waals surface area contributed by atoms with Gasteiger partial charge in [0.05, 0.1) is 22.5 Å². The van der Waals surface area contributed by atoms with Gasteiger partial charge >= 0.3 is 6.18 Å². The van der Waals surface area contributed by atoms with Crippen molar-refractivity contribution < 1.29 is 31.2 Å². The summed E-state index contributed by atoms with van der Waals surface area (Å²) in [7, 11) is -4.29. The topological polar surface area (TPSA) is 86.8 Å². The van der Waals surface area contributed by atoms with Gasteiger partial charge in [-0.25, -0.2) is 8.42 Å². The van der Waals surface area contributed by atoms with Gasteiger partial charge < -0.3 is 10.2 Å². The molecule has 14 heteroatoms. The molecule has 0 aliphatic heterocycles. The number of anilines is 1. The quantitative estimate of drug-likeness (QED) is 0.374. The van der Waals surface area contributed by atoms with Crippen LogP contribution in [0.25, 0.3) is 0 Å². The molecule has 0 unspecified atom stereocenters. The van der Waals surface area contributed by atoms with Crippen molar-refractivity contribution in [3.8, 4) is 0 Å². The summed E-state index contributed by atoms with van der Waals surface area (Å²) in [6, 6.07) is 5.62. The molecule has 0 spiro atoms. The maximum absolute atomic E-state index is 13.6. The van der Waals surface area contributed by atoms with Crippen molar-refractivity contribution in [2.75, 3.05) is 17.1 Å². The third-order valence-electron chi connectivity index (χ3n) is 6.45. The number of sulfonamides is 1. The van der Waals surface area contributed by atoms with E-state index in [1.165, 1.54) is 13.0 Å². The first-order chi connectivity index (χ1) is 18.1. The molecule has 1 aliphatic carbocycles. The Hall–Kier alpha value is -2.21. The fourth-order valence-corrected chi connectivity index (χ4v) is 5.87. The Bertz CT molecular complexity index is 1340. The molecule has 1 aliphatic rings. The van der Waals surface area contributed by atoms with Crippen molar-refractivity contribution in [2.24, 2.45) is 0 Å². The van der Waals surface area contributed by atoms with Crippen LogP contribution in [0, 0.1) is 0 Å². The van der Waals surface area contributed by atoms with Crippen molar-refractivity contribution in [2.45, 2.75) is 57.4 Å². The lowest BCUT2D eigenvalue weighted by atomic mass is 10.1. The van der Waals surface area contributed by atoms with Gasteiger partial charge in [0.2, 0.25) is 21.8 Å². The first-order valence-electron chi connectivity index (χ1n) is 12.0. The zero-order valence-electron chi connectivity index (χ0n) is 21.1. The first-order valence-corrected chi connectivity index (χ1v) is 14.9. The number of hydrogen-bond acceptors (Lipinski definition) is 4. The van der Waals surface area contributed by atoms with Crippen LogP contribution in [0.4, 0.5) is 18.9 Å². The van der Waals surface area contributed by atoms with Crippen LogP contribution in [0.15, 0.2) is 36.4 Å². The van der Waals surface area contributed by atoms with E-state index in [0.717, 1.165) is 42.9 Å². The summed E-state index contributed by atoms with van der Waals surface area (Å²) >= 11 is 18.4. The summed E-state index contributed by atoms with van der Waals surface area (Å²) in [4.78, 5) is 27.9. The minimum atomic E-state index is -4.78. The zero-order valence-corrected chi connectivity index (χ0v) is 24.1. The number of halogens is 6. The van der Waals surface area contributed by atoms with Gasteiger partial charge in [0, 0.05) is 22.6 Å². The fourth-order valence-electron chi connectivity index (χ4n) is 4.28. The van der Waals surface area contributed by atoms with Crippen molar-refractivity contribution in [1.82, 2.24) is 10.2 Å². The minimum Gasteiger partial charge on any atom is -0.352 e. The average molecular weight is 629 g/mol. The molecule has 3 rings (SSSR count). The number of alkyl halides is 3. The third kappa shape index (κ3) is 8.15. The third-order valence-corrected chi connectivity index (χ3v) is 8.48. The highest BCUT2D eigenvalue weighted by Crippen LogP contribution is 2.36. The molecule has 2 amide bonds. The molecule has 2 aromatic carbocycles. The number of carbonyl (C=O) groups is 2. The Kier molecular flexibility index (Phi) is 10.1. The van der Waals surface area contributed by atoms with E-state index in [0.29, 0.717) is 27.0 Å². The minimum absolute atomic E-state index is 0.0487. The largest absolute Gasteiger partial charge is 0.416 e. The second-order valence-corrected chi connectivity index (χ2v) is 12.5. The fraction of sp³-hybridized carbons (Fsp3) is 0.440. The summed E-state index contributed by atoms with van der Waals surface area (Å²) in [6.45, 7) is 0.377. The van der Waals surface area contributed by atoms with Gasteiger partial charge in [-0.2, -0.15) is 13.2 Å². The van der Waals surface area contributed by atoms with Crippen LogP contribution in [0.3, 0.4) is 0 Å². The molecule has 2 aromatic rings. The number of nitrogens with one attached hydrogen (secondary N) is 1. The maximum Gasteiger partial charge on any atom is 0.416 e. The van der Waals surface area contributed by atoms with Crippen LogP contribution in [-0.4, -0.2) is 50.0 Å². The molecule has 7 nitrogen and oxygen atoms in total. The van der Waals surface area contributed by atoms with Crippen LogP contribution < -0.4 is 9.62 Å². The number of amides is 2. The molecule has 1 N–H and O–H groups in total. The lowest BCUT2D eigenvalue weighted by Crippen LogP contribution is -2.52. The highest BCUT2D eigenvalue weighted by molar-refractivity contribution is 7.92. The van der Waals surface area contributed by atoms with E-state index >= 15 is 0 Å². The highest BCUT2D eigenvalue weighted by atomic mass is 35.5. The zero-order chi connectivity index (χ0) is 29.1. The maximum atomic E-state index is 13.6. The molecule has 39 heavy (non-hydrogen) atoms. The van der Waals surface area contributed by atoms with Crippen molar-refractivity contribution >= 4 is 62.3 Å². The molecule has 214 valence electrons. The summed E-state index contributed by atoms with van der Waals surface area (Å²) in [5.74, 6) is -1.31. The van der Waals surface area contributed by atoms with Gasteiger partial charge in [-0.05, 0) is 55.7 Å². The SMILES string of the molecule is C[C@H](C(=O)NC1CCCC1)N(Cc1ccc(Cl)cc1Cl)C(=O)CN(c1cc(C(F)(F)F)ccc1Cl)S(C)(=O)=O. The molecule has 1 saturated carbocycles. The first kappa shape index (κ1) is 31.3. The monoisotopic (exact) mass is 627 g/mol. The molecular formula is C25H27Cl3F3N3O4S. The van der Waals surface area contributed by atoms with Crippen molar-refractivity contribution in [3.05, 3.63) is 62.6 Å². The molecule has 0 bridgehead atoms. The highest BCUT2D eigenvalue weighted by Gasteiger charge is 2.35. The van der Waals surface area contributed by atoms with E-state index in [1.807, 2.05) is 0 Å². The van der Waals surface area contributed by atoms with E-state index in [-0.39, 0.29) is 22.6 Å². The van der Waals surface area contributed by atoms with E-state index in [4.69, 9.17) is 34.8 Å². The van der Waals surface area contributed by atoms with Gasteiger partial charge in [0.25, 0.3) is 0 Å². The Morgan fingerprint density at radius 1 is 1.05 bits per heavy atom. The predicted molar refractivity (Wildman–Crippen MR) is 146 cm³/mol. The van der Waals surface area contributed by atoms with Crippen LogP contribution in [0.2, 0.25) is 15.1 Å². The smallest absolute Gasteiger partial charge is 0.352 e. The number of nitrogens with zero attached hydrogens (tertiary/aromatic N) is 2. The van der Waals surface area contributed by atoms with Crippen LogP contribution >= 0.6 is 34.8 Å². The summed E-state index contributed by atoms with van der Waals surface area (Å²) in [5, 5.41) is 3.16. The van der Waals surface area contributed by atoms with Gasteiger partial charge in [0.15, 0.2) is 0 Å². The second kappa shape index (κ2) is 12.5. The van der Waals surface area contributed by atoms with Gasteiger partial charge in [-0.3, -0.25) is 13.9 Å². The van der Waals surface area contributed by atoms with Crippen molar-refractivity contribution in [3.63, 3.8) is 0 Å². The Labute approximate surface area is 240 Å². The summed E-state index contributed by atoms with van der Waals surface area (Å²) in [6.07, 6.45) is -0.520. The Balaban J connectivity index is 1.98. The molecule has 0 heterocycles. The molecule has 1 fully saturated rings. The van der Waals surface area contributed by atoms with E-state index in [1.54, 1.807) is 12.1 Å². The molecule has 0 saturated heterocycles. The number of rotatable bonds is 9. The van der Waals surface area contributed by atoms with Crippen LogP contribution in [0.1, 0.15) is 43.7 Å². The molecule has 0 radical (unpaired) electrons. The summed E-state index contributed by atoms with van der Waals surface area (Å²) < 4.78 is 66.0. The number of carbonyl (C=O) groups excluding carboxylic acids is 2. The van der Waals surface area contributed by atoms with Crippen LogP contribution in [-0.2, 0) is 32.3 Å². The standard InChI is InChI=1S/C25H27Cl3F3N3O4S/c1-15(24(36)32-19-5-3-4-6-19)33(13-16-7-9-18(26)12-21(16)28)23(35)14-34(39(2,37)38)22-11-17(25(29,30)31)8-10-20(22)27/h7-12,15,19H,3-6,13-14H2,1-2H3,(H,32,36)/t15-/m1/s1. The van der Waals surface area contributed by atoms with Crippen LogP contribution in [0.5, 0.6) is 0 Å². The summed E-state index contributed by atoms with van der Waals surface area (Å²) in [5.41, 5.74) is -1.23. The number of hydrogen-bond donors (Lipinski definition) is 1. The lowest BCUT2D eigenvalue weighted by Gasteiger charge is -2.32. The van der Waals surface area contributed by atoms with Crippen molar-refractivity contribution in [1.29, 1.82) is 0 Å². The Morgan fingerprint density at radius 2 is 1.69 bits per heavy atom.